The van der Waals surface area contributed by atoms with Gasteiger partial charge in [0.05, 0.1) is 0 Å². The van der Waals surface area contributed by atoms with Crippen molar-refractivity contribution in [1.82, 2.24) is 0 Å². The Morgan fingerprint density at radius 1 is 0.857 bits per heavy atom. The standard InChI is InChI=1S/C19H39O2P.2C3H6/c1-6-11-13-17(8-3)15-19(10-5,22(20)21)16-18(9-4)14-12-7-2;2*1-3-2/h17-18H,6-16H2,1-5H3;2*3H,1H2,2H3/p+1. The topological polar surface area (TPSA) is 37.3 Å². The summed E-state index contributed by atoms with van der Waals surface area (Å²) in [4.78, 5) is 10.1. The highest BCUT2D eigenvalue weighted by Gasteiger charge is 2.49. The van der Waals surface area contributed by atoms with E-state index < -0.39 is 8.03 Å². The SMILES string of the molecule is C=CC.C=CC.CCCCC(CC)CC(CC)(CC(CC)CCCC)[P+](=O)O. The van der Waals surface area contributed by atoms with Gasteiger partial charge in [0.1, 0.15) is 0 Å². The second kappa shape index (κ2) is 22.8. The minimum absolute atomic E-state index is 0.349. The summed E-state index contributed by atoms with van der Waals surface area (Å²) in [7, 11) is -2.10. The molecular formula is C25H52O2P+. The lowest BCUT2D eigenvalue weighted by Gasteiger charge is -2.29. The van der Waals surface area contributed by atoms with E-state index in [1.54, 1.807) is 12.2 Å². The number of unbranched alkanes of at least 4 members (excludes halogenated alkanes) is 2. The molecule has 0 aliphatic rings. The molecule has 168 valence electrons. The van der Waals surface area contributed by atoms with Crippen molar-refractivity contribution in [3.63, 3.8) is 0 Å². The number of hydrogen-bond donors (Lipinski definition) is 1. The lowest BCUT2D eigenvalue weighted by Crippen LogP contribution is -2.30. The van der Waals surface area contributed by atoms with Gasteiger partial charge in [-0.25, -0.2) is 0 Å². The van der Waals surface area contributed by atoms with Crippen LogP contribution >= 0.6 is 8.03 Å². The van der Waals surface area contributed by atoms with E-state index in [0.29, 0.717) is 11.8 Å². The lowest BCUT2D eigenvalue weighted by atomic mass is 9.79. The van der Waals surface area contributed by atoms with Crippen molar-refractivity contribution in [1.29, 1.82) is 0 Å². The Balaban J connectivity index is -0.000000915. The van der Waals surface area contributed by atoms with Crippen molar-refractivity contribution in [3.05, 3.63) is 25.3 Å². The molecule has 0 saturated carbocycles. The van der Waals surface area contributed by atoms with Gasteiger partial charge >= 0.3 is 8.03 Å². The Hall–Kier alpha value is -0.460. The molecule has 0 saturated heterocycles. The smallest absolute Gasteiger partial charge is 0.160 e. The van der Waals surface area contributed by atoms with Gasteiger partial charge in [-0.3, -0.25) is 0 Å². The van der Waals surface area contributed by atoms with Crippen LogP contribution in [0.2, 0.25) is 0 Å². The fourth-order valence-electron chi connectivity index (χ4n) is 3.62. The second-order valence-electron chi connectivity index (χ2n) is 7.91. The lowest BCUT2D eigenvalue weighted by molar-refractivity contribution is 0.270. The molecule has 28 heavy (non-hydrogen) atoms. The molecular weight excluding hydrogens is 363 g/mol. The summed E-state index contributed by atoms with van der Waals surface area (Å²) < 4.78 is 12.3. The molecule has 0 spiro atoms. The predicted molar refractivity (Wildman–Crippen MR) is 130 cm³/mol. The van der Waals surface area contributed by atoms with Crippen molar-refractivity contribution in [2.45, 2.75) is 124 Å². The van der Waals surface area contributed by atoms with Gasteiger partial charge in [-0.1, -0.05) is 98.1 Å². The van der Waals surface area contributed by atoms with Crippen molar-refractivity contribution in [3.8, 4) is 0 Å². The van der Waals surface area contributed by atoms with Crippen LogP contribution < -0.4 is 0 Å². The highest BCUT2D eigenvalue weighted by Crippen LogP contribution is 2.49. The fourth-order valence-corrected chi connectivity index (χ4v) is 4.72. The molecule has 0 bridgehead atoms. The number of hydrogen-bond acceptors (Lipinski definition) is 1. The van der Waals surface area contributed by atoms with Crippen molar-refractivity contribution in [2.24, 2.45) is 11.8 Å². The number of allylic oxidation sites excluding steroid dienone is 2. The molecule has 0 heterocycles. The zero-order valence-electron chi connectivity index (χ0n) is 20.3. The van der Waals surface area contributed by atoms with Gasteiger partial charge in [0, 0.05) is 12.8 Å². The monoisotopic (exact) mass is 415 g/mol. The van der Waals surface area contributed by atoms with Crippen LogP contribution in [0.15, 0.2) is 25.3 Å². The first kappa shape index (κ1) is 32.2. The second-order valence-corrected chi connectivity index (χ2v) is 9.40. The van der Waals surface area contributed by atoms with E-state index in [0.717, 1.165) is 32.1 Å². The first-order chi connectivity index (χ1) is 13.3. The summed E-state index contributed by atoms with van der Waals surface area (Å²) in [6.45, 7) is 21.5. The van der Waals surface area contributed by atoms with Crippen molar-refractivity contribution in [2.75, 3.05) is 0 Å². The molecule has 0 aliphatic heterocycles. The molecule has 0 rings (SSSR count). The third-order valence-corrected chi connectivity index (χ3v) is 6.98. The zero-order chi connectivity index (χ0) is 22.4. The fraction of sp³-hybridized carbons (Fsp3) is 0.840. The van der Waals surface area contributed by atoms with Crippen LogP contribution in [0.3, 0.4) is 0 Å². The first-order valence-corrected chi connectivity index (χ1v) is 12.8. The Kier molecular flexibility index (Phi) is 26.3. The summed E-state index contributed by atoms with van der Waals surface area (Å²) >= 11 is 0. The van der Waals surface area contributed by atoms with Gasteiger partial charge in [0.2, 0.25) is 0 Å². The third-order valence-electron chi connectivity index (χ3n) is 5.49. The summed E-state index contributed by atoms with van der Waals surface area (Å²) in [6, 6.07) is 0. The van der Waals surface area contributed by atoms with Gasteiger partial charge in [0.15, 0.2) is 5.16 Å². The van der Waals surface area contributed by atoms with Crippen LogP contribution in [0.5, 0.6) is 0 Å². The minimum Gasteiger partial charge on any atom is -0.160 e. The maximum atomic E-state index is 12.3. The van der Waals surface area contributed by atoms with E-state index in [2.05, 4.69) is 47.8 Å². The maximum absolute atomic E-state index is 12.3. The first-order valence-electron chi connectivity index (χ1n) is 11.6. The van der Waals surface area contributed by atoms with Gasteiger partial charge in [0.25, 0.3) is 0 Å². The highest BCUT2D eigenvalue weighted by atomic mass is 31.1. The van der Waals surface area contributed by atoms with E-state index in [4.69, 9.17) is 0 Å². The van der Waals surface area contributed by atoms with E-state index >= 15 is 0 Å². The molecule has 2 nitrogen and oxygen atoms in total. The predicted octanol–water partition coefficient (Wildman–Crippen LogP) is 9.47. The van der Waals surface area contributed by atoms with Crippen LogP contribution in [0.25, 0.3) is 0 Å². The molecule has 3 atom stereocenters. The molecule has 0 aliphatic carbocycles. The molecule has 0 aromatic carbocycles. The Labute approximate surface area is 179 Å². The quantitative estimate of drug-likeness (QED) is 0.226. The number of rotatable bonds is 14. The molecule has 3 unspecified atom stereocenters. The third kappa shape index (κ3) is 16.5. The van der Waals surface area contributed by atoms with Crippen LogP contribution in [0.1, 0.15) is 119 Å². The molecule has 0 aromatic heterocycles. The van der Waals surface area contributed by atoms with E-state index in [1.165, 1.54) is 38.5 Å². The van der Waals surface area contributed by atoms with E-state index in [-0.39, 0.29) is 5.16 Å². The molecule has 0 aromatic rings. The largest absolute Gasteiger partial charge is 0.511 e. The van der Waals surface area contributed by atoms with Crippen LogP contribution in [-0.4, -0.2) is 10.0 Å². The average molecular weight is 416 g/mol. The summed E-state index contributed by atoms with van der Waals surface area (Å²) in [6.07, 6.45) is 15.8. The molecule has 0 fully saturated rings. The van der Waals surface area contributed by atoms with Crippen LogP contribution in [0, 0.1) is 11.8 Å². The van der Waals surface area contributed by atoms with Gasteiger partial charge in [-0.15, -0.1) is 13.2 Å². The van der Waals surface area contributed by atoms with E-state index in [9.17, 15) is 9.46 Å². The van der Waals surface area contributed by atoms with Gasteiger partial charge in [-0.05, 0) is 36.7 Å². The summed E-state index contributed by atoms with van der Waals surface area (Å²) in [5, 5.41) is -0.349. The Morgan fingerprint density at radius 3 is 1.36 bits per heavy atom. The zero-order valence-corrected chi connectivity index (χ0v) is 21.2. The van der Waals surface area contributed by atoms with Crippen molar-refractivity contribution >= 4 is 8.03 Å². The highest BCUT2D eigenvalue weighted by molar-refractivity contribution is 7.40. The van der Waals surface area contributed by atoms with E-state index in [1.807, 2.05) is 13.8 Å². The molecule has 0 radical (unpaired) electrons. The molecule has 1 N–H and O–H groups in total. The minimum atomic E-state index is -2.10. The Morgan fingerprint density at radius 2 is 1.18 bits per heavy atom. The van der Waals surface area contributed by atoms with Gasteiger partial charge < -0.3 is 0 Å². The van der Waals surface area contributed by atoms with Crippen LogP contribution in [-0.2, 0) is 4.57 Å². The summed E-state index contributed by atoms with van der Waals surface area (Å²) in [5.41, 5.74) is 0. The van der Waals surface area contributed by atoms with Crippen molar-refractivity contribution < 1.29 is 9.46 Å². The molecule has 0 amide bonds. The van der Waals surface area contributed by atoms with Crippen LogP contribution in [0.4, 0.5) is 0 Å². The Bertz CT molecular complexity index is 342. The molecule has 3 heteroatoms. The van der Waals surface area contributed by atoms with Gasteiger partial charge in [-0.2, -0.15) is 4.89 Å². The maximum Gasteiger partial charge on any atom is 0.511 e. The normalized spacial score (nSPS) is 14.9. The summed E-state index contributed by atoms with van der Waals surface area (Å²) in [5.74, 6) is 1.21. The average Bonchev–Trinajstić information content (AvgIpc) is 2.68.